The largest absolute Gasteiger partial charge is 0.492 e. The molecule has 7 nitrogen and oxygen atoms in total. The van der Waals surface area contributed by atoms with E-state index in [4.69, 9.17) is 15.6 Å². The Morgan fingerprint density at radius 2 is 2.22 bits per heavy atom. The van der Waals surface area contributed by atoms with E-state index in [1.54, 1.807) is 0 Å². The minimum Gasteiger partial charge on any atom is -0.492 e. The van der Waals surface area contributed by atoms with E-state index in [9.17, 15) is 14.9 Å². The number of nitro groups is 1. The molecule has 1 fully saturated rings. The number of nitrogens with zero attached hydrogens (tertiary/aromatic N) is 1. The molecule has 1 aliphatic rings. The molecule has 0 bridgehead atoms. The summed E-state index contributed by atoms with van der Waals surface area (Å²) in [6.45, 7) is 0.0173. The van der Waals surface area contributed by atoms with E-state index in [0.717, 1.165) is 0 Å². The number of carbonyl (C=O) groups is 1. The molecule has 1 saturated carbocycles. The van der Waals surface area contributed by atoms with Crippen LogP contribution in [0.2, 0.25) is 0 Å². The molecule has 18 heavy (non-hydrogen) atoms. The smallest absolute Gasteiger partial charge is 0.313 e. The third-order valence-electron chi connectivity index (χ3n) is 3.02. The SMILES string of the molecule is Nc1ccc(OCC2(C(=O)O)CC2)cc1[N+](=O)[O-]. The lowest BCUT2D eigenvalue weighted by atomic mass is 10.1. The molecule has 0 spiro atoms. The first-order valence-corrected chi connectivity index (χ1v) is 5.35. The maximum Gasteiger partial charge on any atom is 0.313 e. The third-order valence-corrected chi connectivity index (χ3v) is 3.02. The van der Waals surface area contributed by atoms with Crippen molar-refractivity contribution in [3.8, 4) is 5.75 Å². The van der Waals surface area contributed by atoms with Crippen LogP contribution in [0.5, 0.6) is 5.75 Å². The van der Waals surface area contributed by atoms with Gasteiger partial charge in [0.1, 0.15) is 23.5 Å². The number of carboxylic acids is 1. The van der Waals surface area contributed by atoms with Gasteiger partial charge in [-0.15, -0.1) is 0 Å². The van der Waals surface area contributed by atoms with E-state index < -0.39 is 16.3 Å². The van der Waals surface area contributed by atoms with Crippen molar-refractivity contribution in [2.24, 2.45) is 5.41 Å². The summed E-state index contributed by atoms with van der Waals surface area (Å²) >= 11 is 0. The summed E-state index contributed by atoms with van der Waals surface area (Å²) in [5, 5.41) is 19.6. The molecule has 96 valence electrons. The van der Waals surface area contributed by atoms with Gasteiger partial charge < -0.3 is 15.6 Å². The molecule has 0 heterocycles. The number of carboxylic acid groups (broad SMARTS) is 1. The number of nitrogens with two attached hydrogens (primary N) is 1. The highest BCUT2D eigenvalue weighted by molar-refractivity contribution is 5.78. The summed E-state index contributed by atoms with van der Waals surface area (Å²) in [6, 6.07) is 4.06. The van der Waals surface area contributed by atoms with Crippen LogP contribution in [-0.4, -0.2) is 22.6 Å². The van der Waals surface area contributed by atoms with Gasteiger partial charge in [0.25, 0.3) is 5.69 Å². The molecule has 1 aliphatic carbocycles. The lowest BCUT2D eigenvalue weighted by Crippen LogP contribution is -2.22. The zero-order valence-electron chi connectivity index (χ0n) is 9.46. The highest BCUT2D eigenvalue weighted by atomic mass is 16.6. The molecule has 1 aromatic rings. The van der Waals surface area contributed by atoms with Crippen LogP contribution in [0.1, 0.15) is 12.8 Å². The summed E-state index contributed by atoms with van der Waals surface area (Å²) in [5.74, 6) is -0.643. The van der Waals surface area contributed by atoms with Crippen LogP contribution in [0, 0.1) is 15.5 Å². The number of ether oxygens (including phenoxy) is 1. The molecule has 0 amide bonds. The Bertz CT molecular complexity index is 510. The summed E-state index contributed by atoms with van der Waals surface area (Å²) in [6.07, 6.45) is 1.14. The summed E-state index contributed by atoms with van der Waals surface area (Å²) in [7, 11) is 0. The molecule has 0 aromatic heterocycles. The van der Waals surface area contributed by atoms with E-state index in [1.807, 2.05) is 0 Å². The van der Waals surface area contributed by atoms with Gasteiger partial charge in [0.05, 0.1) is 11.0 Å². The zero-order valence-corrected chi connectivity index (χ0v) is 9.46. The fourth-order valence-corrected chi connectivity index (χ4v) is 1.56. The van der Waals surface area contributed by atoms with E-state index >= 15 is 0 Å². The Hall–Kier alpha value is -2.31. The van der Waals surface area contributed by atoms with Crippen LogP contribution in [0.4, 0.5) is 11.4 Å². The average molecular weight is 252 g/mol. The Morgan fingerprint density at radius 3 is 2.72 bits per heavy atom. The van der Waals surface area contributed by atoms with E-state index in [0.29, 0.717) is 12.8 Å². The van der Waals surface area contributed by atoms with Crippen molar-refractivity contribution in [2.75, 3.05) is 12.3 Å². The Morgan fingerprint density at radius 1 is 1.56 bits per heavy atom. The normalized spacial score (nSPS) is 16.0. The number of rotatable bonds is 5. The second kappa shape index (κ2) is 4.17. The molecule has 0 unspecified atom stereocenters. The van der Waals surface area contributed by atoms with Gasteiger partial charge in [0, 0.05) is 0 Å². The first-order valence-electron chi connectivity index (χ1n) is 5.35. The topological polar surface area (TPSA) is 116 Å². The number of anilines is 1. The van der Waals surface area contributed by atoms with Gasteiger partial charge in [-0.2, -0.15) is 0 Å². The molecular formula is C11H12N2O5. The molecule has 7 heteroatoms. The Balaban J connectivity index is 2.09. The van der Waals surface area contributed by atoms with Gasteiger partial charge in [-0.05, 0) is 25.0 Å². The average Bonchev–Trinajstić information content (AvgIpc) is 3.08. The lowest BCUT2D eigenvalue weighted by molar-refractivity contribution is -0.384. The van der Waals surface area contributed by atoms with Crippen molar-refractivity contribution < 1.29 is 19.6 Å². The van der Waals surface area contributed by atoms with E-state index in [-0.39, 0.29) is 23.7 Å². The van der Waals surface area contributed by atoms with Crippen molar-refractivity contribution in [1.29, 1.82) is 0 Å². The first-order chi connectivity index (χ1) is 8.44. The van der Waals surface area contributed by atoms with Crippen molar-refractivity contribution in [3.05, 3.63) is 28.3 Å². The fraction of sp³-hybridized carbons (Fsp3) is 0.364. The highest BCUT2D eigenvalue weighted by Gasteiger charge is 2.51. The molecular weight excluding hydrogens is 240 g/mol. The number of nitro benzene ring substituents is 1. The molecule has 0 aliphatic heterocycles. The van der Waals surface area contributed by atoms with Crippen LogP contribution in [-0.2, 0) is 4.79 Å². The number of hydrogen-bond acceptors (Lipinski definition) is 5. The second-order valence-corrected chi connectivity index (χ2v) is 4.35. The Labute approximate surface area is 102 Å². The van der Waals surface area contributed by atoms with Crippen molar-refractivity contribution in [1.82, 2.24) is 0 Å². The highest BCUT2D eigenvalue weighted by Crippen LogP contribution is 2.46. The van der Waals surface area contributed by atoms with Crippen LogP contribution in [0.15, 0.2) is 18.2 Å². The van der Waals surface area contributed by atoms with Gasteiger partial charge in [-0.1, -0.05) is 0 Å². The molecule has 1 aromatic carbocycles. The number of benzene rings is 1. The van der Waals surface area contributed by atoms with Gasteiger partial charge in [0.2, 0.25) is 0 Å². The summed E-state index contributed by atoms with van der Waals surface area (Å²) in [4.78, 5) is 21.0. The van der Waals surface area contributed by atoms with Crippen molar-refractivity contribution in [3.63, 3.8) is 0 Å². The van der Waals surface area contributed by atoms with E-state index in [2.05, 4.69) is 0 Å². The van der Waals surface area contributed by atoms with Crippen LogP contribution in [0.25, 0.3) is 0 Å². The quantitative estimate of drug-likeness (QED) is 0.465. The molecule has 0 radical (unpaired) electrons. The standard InChI is InChI=1S/C11H12N2O5/c12-8-2-1-7(5-9(8)13(16)17)18-6-11(3-4-11)10(14)15/h1-2,5H,3-4,6,12H2,(H,14,15). The maximum absolute atomic E-state index is 10.9. The molecule has 0 saturated heterocycles. The van der Waals surface area contributed by atoms with Crippen LogP contribution >= 0.6 is 0 Å². The zero-order chi connectivity index (χ0) is 13.3. The minimum atomic E-state index is -0.896. The molecule has 2 rings (SSSR count). The predicted molar refractivity (Wildman–Crippen MR) is 62.3 cm³/mol. The molecule has 3 N–H and O–H groups in total. The second-order valence-electron chi connectivity index (χ2n) is 4.35. The van der Waals surface area contributed by atoms with Crippen molar-refractivity contribution >= 4 is 17.3 Å². The first kappa shape index (κ1) is 12.2. The maximum atomic E-state index is 10.9. The predicted octanol–water partition coefficient (Wildman–Crippen LogP) is 1.42. The summed E-state index contributed by atoms with van der Waals surface area (Å²) < 4.78 is 5.30. The number of hydrogen-bond donors (Lipinski definition) is 2. The van der Waals surface area contributed by atoms with Crippen molar-refractivity contribution in [2.45, 2.75) is 12.8 Å². The lowest BCUT2D eigenvalue weighted by Gasteiger charge is -2.11. The van der Waals surface area contributed by atoms with Crippen LogP contribution in [0.3, 0.4) is 0 Å². The van der Waals surface area contributed by atoms with E-state index in [1.165, 1.54) is 18.2 Å². The minimum absolute atomic E-state index is 0.0173. The van der Waals surface area contributed by atoms with Crippen LogP contribution < -0.4 is 10.5 Å². The summed E-state index contributed by atoms with van der Waals surface area (Å²) in [5.41, 5.74) is 4.42. The van der Waals surface area contributed by atoms with Gasteiger partial charge in [-0.3, -0.25) is 14.9 Å². The Kier molecular flexibility index (Phi) is 2.82. The number of nitrogen functional groups attached to an aromatic ring is 1. The third kappa shape index (κ3) is 2.20. The molecule has 0 atom stereocenters. The fourth-order valence-electron chi connectivity index (χ4n) is 1.56. The van der Waals surface area contributed by atoms with Gasteiger partial charge in [0.15, 0.2) is 0 Å². The number of aliphatic carboxylic acids is 1. The van der Waals surface area contributed by atoms with Gasteiger partial charge in [-0.25, -0.2) is 0 Å². The monoisotopic (exact) mass is 252 g/mol. The van der Waals surface area contributed by atoms with Gasteiger partial charge >= 0.3 is 5.97 Å².